The fraction of sp³-hybridized carbons (Fsp3) is 0.269. The van der Waals surface area contributed by atoms with Crippen LogP contribution in [0.4, 0.5) is 0 Å². The summed E-state index contributed by atoms with van der Waals surface area (Å²) in [5, 5.41) is 0. The van der Waals surface area contributed by atoms with Crippen LogP contribution < -0.4 is 0 Å². The number of nitrogens with zero attached hydrogens (tertiary/aromatic N) is 4. The Balaban J connectivity index is 1.48. The summed E-state index contributed by atoms with van der Waals surface area (Å²) in [4.78, 5) is 14.6. The highest BCUT2D eigenvalue weighted by Crippen LogP contribution is 2.65. The van der Waals surface area contributed by atoms with E-state index in [0.717, 1.165) is 45.7 Å². The van der Waals surface area contributed by atoms with Crippen molar-refractivity contribution in [1.82, 2.24) is 14.5 Å². The highest BCUT2D eigenvalue weighted by atomic mass is 16.3. The van der Waals surface area contributed by atoms with Crippen molar-refractivity contribution in [2.75, 3.05) is 0 Å². The molecule has 3 aromatic heterocycles. The molecule has 0 N–H and O–H groups in total. The maximum Gasteiger partial charge on any atom is 0.154 e. The van der Waals surface area contributed by atoms with E-state index in [1.54, 1.807) is 6.26 Å². The van der Waals surface area contributed by atoms with Gasteiger partial charge in [0.15, 0.2) is 5.76 Å². The second kappa shape index (κ2) is 6.03. The minimum absolute atomic E-state index is 0.0922. The first-order valence-corrected chi connectivity index (χ1v) is 11.0. The molecule has 0 spiro atoms. The third kappa shape index (κ3) is 2.34. The van der Waals surface area contributed by atoms with Gasteiger partial charge in [0.05, 0.1) is 35.1 Å². The zero-order valence-corrected chi connectivity index (χ0v) is 17.3. The van der Waals surface area contributed by atoms with E-state index in [2.05, 4.69) is 40.7 Å². The Morgan fingerprint density at radius 1 is 1.03 bits per heavy atom. The molecule has 4 heterocycles. The predicted molar refractivity (Wildman–Crippen MR) is 119 cm³/mol. The number of aliphatic imine (C=N–C) groups is 1. The van der Waals surface area contributed by atoms with E-state index >= 15 is 0 Å². The van der Waals surface area contributed by atoms with E-state index in [4.69, 9.17) is 14.4 Å². The van der Waals surface area contributed by atoms with Gasteiger partial charge in [-0.1, -0.05) is 12.1 Å². The van der Waals surface area contributed by atoms with Gasteiger partial charge < -0.3 is 4.42 Å². The maximum atomic E-state index is 5.69. The molecule has 3 saturated carbocycles. The Morgan fingerprint density at radius 2 is 1.94 bits per heavy atom. The first kappa shape index (κ1) is 17.2. The summed E-state index contributed by atoms with van der Waals surface area (Å²) in [6.45, 7) is 2.12. The van der Waals surface area contributed by atoms with Gasteiger partial charge in [0.25, 0.3) is 0 Å². The molecule has 4 aliphatic rings. The number of furan rings is 1. The lowest BCUT2D eigenvalue weighted by atomic mass is 9.42. The lowest BCUT2D eigenvalue weighted by Gasteiger charge is -2.62. The maximum absolute atomic E-state index is 5.69. The fourth-order valence-electron chi connectivity index (χ4n) is 5.68. The summed E-state index contributed by atoms with van der Waals surface area (Å²) >= 11 is 0. The lowest BCUT2D eigenvalue weighted by Crippen LogP contribution is -2.55. The lowest BCUT2D eigenvalue weighted by molar-refractivity contribution is -0.0274. The van der Waals surface area contributed by atoms with Crippen molar-refractivity contribution in [2.45, 2.75) is 37.6 Å². The third-order valence-electron chi connectivity index (χ3n) is 7.35. The van der Waals surface area contributed by atoms with Gasteiger partial charge in [0.2, 0.25) is 0 Å². The number of benzene rings is 1. The molecule has 4 aromatic rings. The van der Waals surface area contributed by atoms with Gasteiger partial charge in [0, 0.05) is 11.8 Å². The number of aromatic nitrogens is 3. The molecule has 31 heavy (non-hydrogen) atoms. The number of fused-ring (bicyclic) bond motifs is 3. The highest BCUT2D eigenvalue weighted by molar-refractivity contribution is 6.14. The topological polar surface area (TPSA) is 56.2 Å². The molecule has 3 aliphatic carbocycles. The normalized spacial score (nSPS) is 25.5. The van der Waals surface area contributed by atoms with Gasteiger partial charge in [0.1, 0.15) is 12.0 Å². The Hall–Kier alpha value is -3.47. The molecule has 3 fully saturated rings. The van der Waals surface area contributed by atoms with Crippen LogP contribution in [0.15, 0.2) is 76.7 Å². The van der Waals surface area contributed by atoms with E-state index in [1.165, 1.54) is 24.8 Å². The van der Waals surface area contributed by atoms with Gasteiger partial charge in [-0.3, -0.25) is 14.5 Å². The van der Waals surface area contributed by atoms with Crippen LogP contribution in [-0.2, 0) is 5.41 Å². The molecule has 2 bridgehead atoms. The average molecular weight is 406 g/mol. The molecular weight excluding hydrogens is 384 g/mol. The number of hydrogen-bond acceptors (Lipinski definition) is 4. The van der Waals surface area contributed by atoms with Crippen molar-refractivity contribution in [2.24, 2.45) is 10.9 Å². The monoisotopic (exact) mass is 406 g/mol. The molecule has 0 amide bonds. The Labute approximate surface area is 180 Å². The second-order valence-corrected chi connectivity index (χ2v) is 9.19. The van der Waals surface area contributed by atoms with Crippen LogP contribution in [0, 0.1) is 5.92 Å². The van der Waals surface area contributed by atoms with Gasteiger partial charge in [-0.05, 0) is 79.5 Å². The van der Waals surface area contributed by atoms with Gasteiger partial charge in [-0.25, -0.2) is 4.98 Å². The summed E-state index contributed by atoms with van der Waals surface area (Å²) in [7, 11) is 0. The van der Waals surface area contributed by atoms with Crippen LogP contribution in [0.2, 0.25) is 0 Å². The van der Waals surface area contributed by atoms with Crippen LogP contribution in [-0.4, -0.2) is 20.2 Å². The van der Waals surface area contributed by atoms with Gasteiger partial charge in [-0.15, -0.1) is 0 Å². The van der Waals surface area contributed by atoms with Gasteiger partial charge >= 0.3 is 0 Å². The Bertz CT molecular complexity index is 1320. The molecule has 0 unspecified atom stereocenters. The van der Waals surface area contributed by atoms with E-state index in [9.17, 15) is 0 Å². The molecule has 0 saturated heterocycles. The fourth-order valence-corrected chi connectivity index (χ4v) is 5.68. The molecular formula is C26H22N4O. The van der Waals surface area contributed by atoms with Crippen LogP contribution >= 0.6 is 0 Å². The minimum Gasteiger partial charge on any atom is -0.463 e. The molecule has 8 rings (SSSR count). The summed E-state index contributed by atoms with van der Waals surface area (Å²) in [5.41, 5.74) is 7.82. The van der Waals surface area contributed by atoms with E-state index in [0.29, 0.717) is 5.41 Å². The van der Waals surface area contributed by atoms with Crippen LogP contribution in [0.5, 0.6) is 0 Å². The molecule has 0 radical (unpaired) electrons. The number of rotatable bonds is 3. The number of hydrogen-bond donors (Lipinski definition) is 0. The van der Waals surface area contributed by atoms with Crippen molar-refractivity contribution in [3.63, 3.8) is 0 Å². The molecule has 1 aliphatic heterocycles. The van der Waals surface area contributed by atoms with Crippen molar-refractivity contribution in [1.29, 1.82) is 0 Å². The quantitative estimate of drug-likeness (QED) is 0.452. The van der Waals surface area contributed by atoms with Gasteiger partial charge in [-0.2, -0.15) is 0 Å². The van der Waals surface area contributed by atoms with Crippen molar-refractivity contribution < 1.29 is 4.42 Å². The predicted octanol–water partition coefficient (Wildman–Crippen LogP) is 5.49. The van der Waals surface area contributed by atoms with Crippen LogP contribution in [0.3, 0.4) is 0 Å². The van der Waals surface area contributed by atoms with E-state index < -0.39 is 0 Å². The first-order valence-electron chi connectivity index (χ1n) is 11.0. The summed E-state index contributed by atoms with van der Waals surface area (Å²) in [6.07, 6.45) is 9.43. The summed E-state index contributed by atoms with van der Waals surface area (Å²) in [6, 6.07) is 16.7. The zero-order valence-electron chi connectivity index (χ0n) is 17.3. The van der Waals surface area contributed by atoms with Crippen molar-refractivity contribution in [3.05, 3.63) is 89.8 Å². The number of pyridine rings is 1. The molecule has 5 nitrogen and oxygen atoms in total. The SMILES string of the molecule is C[C@@H]1N=C(c2ccccn2)c2cc(C34CC(C3)C4)ccc2-n2cnc(-c3ccco3)c21. The largest absolute Gasteiger partial charge is 0.463 e. The van der Waals surface area contributed by atoms with Crippen molar-refractivity contribution in [3.8, 4) is 17.1 Å². The molecule has 1 aromatic carbocycles. The van der Waals surface area contributed by atoms with Crippen molar-refractivity contribution >= 4 is 5.71 Å². The first-order chi connectivity index (χ1) is 15.2. The van der Waals surface area contributed by atoms with Crippen LogP contribution in [0.1, 0.15) is 54.7 Å². The summed E-state index contributed by atoms with van der Waals surface area (Å²) in [5.74, 6) is 1.71. The Morgan fingerprint density at radius 3 is 2.65 bits per heavy atom. The minimum atomic E-state index is -0.0922. The highest BCUT2D eigenvalue weighted by Gasteiger charge is 2.57. The third-order valence-corrected chi connectivity index (χ3v) is 7.35. The smallest absolute Gasteiger partial charge is 0.154 e. The second-order valence-electron chi connectivity index (χ2n) is 9.19. The number of imidazole rings is 1. The average Bonchev–Trinajstić information content (AvgIpc) is 3.38. The zero-order chi connectivity index (χ0) is 20.6. The van der Waals surface area contributed by atoms with E-state index in [-0.39, 0.29) is 6.04 Å². The summed E-state index contributed by atoms with van der Waals surface area (Å²) < 4.78 is 7.87. The van der Waals surface area contributed by atoms with E-state index in [1.807, 2.05) is 36.8 Å². The van der Waals surface area contributed by atoms with Crippen LogP contribution in [0.25, 0.3) is 17.1 Å². The molecule has 152 valence electrons. The molecule has 5 heteroatoms. The standard InChI is InChI=1S/C26H22N4O/c1-16-25-24(22-6-4-10-31-22)28-15-30(25)21-8-7-18(26-12-17(13-26)14-26)11-19(21)23(29-16)20-5-2-3-9-27-20/h2-11,15-17H,12-14H2,1H3/t16-,17?,26?/m0/s1. The molecule has 1 atom stereocenters. The Kier molecular flexibility index (Phi) is 3.36.